The molecule has 1 unspecified atom stereocenters. The average Bonchev–Trinajstić information content (AvgIpc) is 2.51. The Labute approximate surface area is 134 Å². The number of piperidine rings is 1. The number of guanidine groups is 1. The third-order valence-electron chi connectivity index (χ3n) is 3.72. The predicted octanol–water partition coefficient (Wildman–Crippen LogP) is 3.10. The second-order valence-electron chi connectivity index (χ2n) is 5.75. The van der Waals surface area contributed by atoms with E-state index in [1.165, 1.54) is 12.5 Å². The lowest BCUT2D eigenvalue weighted by Crippen LogP contribution is -2.43. The van der Waals surface area contributed by atoms with E-state index in [0.717, 1.165) is 31.6 Å². The Balaban J connectivity index is 1.96. The van der Waals surface area contributed by atoms with Crippen LogP contribution in [0.3, 0.4) is 0 Å². The maximum Gasteiger partial charge on any atom is 0.416 e. The van der Waals surface area contributed by atoms with Crippen LogP contribution in [0.25, 0.3) is 0 Å². The lowest BCUT2D eigenvalue weighted by Gasteiger charge is -2.31. The Bertz CT molecular complexity index is 626. The molecule has 2 rings (SSSR count). The first kappa shape index (κ1) is 17.2. The zero-order valence-electron chi connectivity index (χ0n) is 13.0. The van der Waals surface area contributed by atoms with Gasteiger partial charge in [-0.2, -0.15) is 13.2 Å². The van der Waals surface area contributed by atoms with Gasteiger partial charge in [-0.3, -0.25) is 0 Å². The van der Waals surface area contributed by atoms with E-state index in [0.29, 0.717) is 17.4 Å². The smallest absolute Gasteiger partial charge is 0.370 e. The minimum atomic E-state index is -4.36. The lowest BCUT2D eigenvalue weighted by molar-refractivity contribution is -0.137. The van der Waals surface area contributed by atoms with Crippen LogP contribution in [0.2, 0.25) is 0 Å². The molecule has 0 aliphatic carbocycles. The molecule has 0 spiro atoms. The van der Waals surface area contributed by atoms with E-state index in [9.17, 15) is 13.2 Å². The van der Waals surface area contributed by atoms with Crippen LogP contribution >= 0.6 is 0 Å². The Morgan fingerprint density at radius 2 is 2.22 bits per heavy atom. The van der Waals surface area contributed by atoms with Crippen molar-refractivity contribution in [1.82, 2.24) is 4.90 Å². The lowest BCUT2D eigenvalue weighted by atomic mass is 10.0. The van der Waals surface area contributed by atoms with E-state index in [2.05, 4.69) is 23.8 Å². The Hall–Kier alpha value is -2.16. The number of nitrogens with zero attached hydrogens (tertiary/aromatic N) is 2. The van der Waals surface area contributed by atoms with Gasteiger partial charge in [-0.1, -0.05) is 24.8 Å². The molecule has 0 amide bonds. The molecule has 0 aromatic heterocycles. The standard InChI is InChI=1S/C17H20F3N3/c1-13-5-4-10-23(12-13)16(21)22-9-3-7-14-6-2-8-15(11-14)17(18,19)20/h2,6,8,11,13H,4-5,9-10,12H2,1H3,(H2,21,22). The molecule has 1 saturated heterocycles. The molecule has 1 atom stereocenters. The molecular weight excluding hydrogens is 303 g/mol. The fraction of sp³-hybridized carbons (Fsp3) is 0.471. The van der Waals surface area contributed by atoms with Gasteiger partial charge in [0.15, 0.2) is 5.96 Å². The number of hydrogen-bond donors (Lipinski definition) is 1. The van der Waals surface area contributed by atoms with Gasteiger partial charge in [0.1, 0.15) is 6.54 Å². The Kier molecular flexibility index (Phi) is 5.54. The summed E-state index contributed by atoms with van der Waals surface area (Å²) >= 11 is 0. The molecule has 1 aromatic carbocycles. The van der Waals surface area contributed by atoms with Crippen molar-refractivity contribution in [3.05, 3.63) is 35.4 Å². The zero-order valence-corrected chi connectivity index (χ0v) is 13.0. The fourth-order valence-electron chi connectivity index (χ4n) is 2.53. The van der Waals surface area contributed by atoms with Crippen molar-refractivity contribution in [2.75, 3.05) is 19.6 Å². The average molecular weight is 323 g/mol. The van der Waals surface area contributed by atoms with Crippen molar-refractivity contribution in [1.29, 1.82) is 0 Å². The summed E-state index contributed by atoms with van der Waals surface area (Å²) in [6.07, 6.45) is -2.07. The van der Waals surface area contributed by atoms with Gasteiger partial charge in [-0.15, -0.1) is 0 Å². The van der Waals surface area contributed by atoms with Gasteiger partial charge in [0, 0.05) is 18.7 Å². The van der Waals surface area contributed by atoms with E-state index in [4.69, 9.17) is 5.73 Å². The molecule has 1 fully saturated rings. The van der Waals surface area contributed by atoms with E-state index < -0.39 is 11.7 Å². The number of rotatable bonds is 1. The maximum atomic E-state index is 12.6. The third-order valence-corrected chi connectivity index (χ3v) is 3.72. The maximum absolute atomic E-state index is 12.6. The highest BCUT2D eigenvalue weighted by Gasteiger charge is 2.30. The number of hydrogen-bond acceptors (Lipinski definition) is 1. The summed E-state index contributed by atoms with van der Waals surface area (Å²) in [5.74, 6) is 6.49. The number of alkyl halides is 3. The molecule has 23 heavy (non-hydrogen) atoms. The van der Waals surface area contributed by atoms with Crippen molar-refractivity contribution in [2.45, 2.75) is 25.9 Å². The molecule has 1 aliphatic heterocycles. The fourth-order valence-corrected chi connectivity index (χ4v) is 2.53. The van der Waals surface area contributed by atoms with E-state index >= 15 is 0 Å². The van der Waals surface area contributed by atoms with Gasteiger partial charge in [-0.05, 0) is 37.0 Å². The van der Waals surface area contributed by atoms with E-state index in [-0.39, 0.29) is 6.54 Å². The van der Waals surface area contributed by atoms with Crippen LogP contribution in [-0.2, 0) is 6.18 Å². The molecule has 0 saturated carbocycles. The highest BCUT2D eigenvalue weighted by Crippen LogP contribution is 2.29. The van der Waals surface area contributed by atoms with Crippen LogP contribution < -0.4 is 5.73 Å². The van der Waals surface area contributed by atoms with E-state index in [1.54, 1.807) is 6.07 Å². The second kappa shape index (κ2) is 7.40. The summed E-state index contributed by atoms with van der Waals surface area (Å²) < 4.78 is 37.8. The molecule has 1 aromatic rings. The van der Waals surface area contributed by atoms with Crippen LogP contribution in [-0.4, -0.2) is 30.5 Å². The van der Waals surface area contributed by atoms with Crippen LogP contribution in [0.1, 0.15) is 30.9 Å². The minimum absolute atomic E-state index is 0.174. The SMILES string of the molecule is CC1CCCN(C(N)=NCC#Cc2cccc(C(F)(F)F)c2)C1. The molecule has 124 valence electrons. The number of aliphatic imine (C=N–C) groups is 1. The van der Waals surface area contributed by atoms with Crippen molar-refractivity contribution in [3.63, 3.8) is 0 Å². The van der Waals surface area contributed by atoms with Crippen LogP contribution in [0.5, 0.6) is 0 Å². The largest absolute Gasteiger partial charge is 0.416 e. The first-order valence-electron chi connectivity index (χ1n) is 7.57. The van der Waals surface area contributed by atoms with Gasteiger partial charge < -0.3 is 10.6 Å². The van der Waals surface area contributed by atoms with Crippen LogP contribution in [0.15, 0.2) is 29.3 Å². The van der Waals surface area contributed by atoms with Gasteiger partial charge in [0.05, 0.1) is 5.56 Å². The number of likely N-dealkylation sites (tertiary alicyclic amines) is 1. The summed E-state index contributed by atoms with van der Waals surface area (Å²) in [6.45, 7) is 4.12. The van der Waals surface area contributed by atoms with Crippen LogP contribution in [0, 0.1) is 17.8 Å². The van der Waals surface area contributed by atoms with E-state index in [1.807, 2.05) is 4.90 Å². The molecule has 1 heterocycles. The Morgan fingerprint density at radius 3 is 2.91 bits per heavy atom. The first-order valence-corrected chi connectivity index (χ1v) is 7.57. The molecule has 0 bridgehead atoms. The van der Waals surface area contributed by atoms with Crippen molar-refractivity contribution in [2.24, 2.45) is 16.6 Å². The molecular formula is C17H20F3N3. The van der Waals surface area contributed by atoms with Gasteiger partial charge >= 0.3 is 6.18 Å². The van der Waals surface area contributed by atoms with Gasteiger partial charge in [0.2, 0.25) is 0 Å². The minimum Gasteiger partial charge on any atom is -0.370 e. The normalized spacial score (nSPS) is 19.2. The summed E-state index contributed by atoms with van der Waals surface area (Å²) in [4.78, 5) is 6.22. The van der Waals surface area contributed by atoms with Gasteiger partial charge in [0.25, 0.3) is 0 Å². The summed E-state index contributed by atoms with van der Waals surface area (Å²) in [5, 5.41) is 0. The quantitative estimate of drug-likeness (QED) is 0.490. The zero-order chi connectivity index (χ0) is 16.9. The molecule has 1 aliphatic rings. The summed E-state index contributed by atoms with van der Waals surface area (Å²) in [6, 6.07) is 4.95. The summed E-state index contributed by atoms with van der Waals surface area (Å²) in [7, 11) is 0. The molecule has 2 N–H and O–H groups in total. The number of benzene rings is 1. The first-order chi connectivity index (χ1) is 10.9. The third kappa shape index (κ3) is 5.20. The van der Waals surface area contributed by atoms with Gasteiger partial charge in [-0.25, -0.2) is 4.99 Å². The van der Waals surface area contributed by atoms with Crippen molar-refractivity contribution >= 4 is 5.96 Å². The highest BCUT2D eigenvalue weighted by molar-refractivity contribution is 5.78. The summed E-state index contributed by atoms with van der Waals surface area (Å²) in [5.41, 5.74) is 5.55. The second-order valence-corrected chi connectivity index (χ2v) is 5.75. The molecule has 6 heteroatoms. The Morgan fingerprint density at radius 1 is 1.43 bits per heavy atom. The molecule has 3 nitrogen and oxygen atoms in total. The predicted molar refractivity (Wildman–Crippen MR) is 84.8 cm³/mol. The highest BCUT2D eigenvalue weighted by atomic mass is 19.4. The topological polar surface area (TPSA) is 41.6 Å². The number of halogens is 3. The van der Waals surface area contributed by atoms with Crippen LogP contribution in [0.4, 0.5) is 13.2 Å². The number of nitrogens with two attached hydrogens (primary N) is 1. The van der Waals surface area contributed by atoms with Crippen molar-refractivity contribution < 1.29 is 13.2 Å². The van der Waals surface area contributed by atoms with Crippen molar-refractivity contribution in [3.8, 4) is 11.8 Å². The molecule has 0 radical (unpaired) electrons. The monoisotopic (exact) mass is 323 g/mol.